The third-order valence-corrected chi connectivity index (χ3v) is 5.12. The van der Waals surface area contributed by atoms with E-state index in [9.17, 15) is 4.79 Å². The molecule has 0 aliphatic rings. The average Bonchev–Trinajstić information content (AvgIpc) is 2.58. The van der Waals surface area contributed by atoms with Gasteiger partial charge in [0, 0.05) is 16.6 Å². The maximum absolute atomic E-state index is 13.3. The molecule has 1 amide bonds. The Morgan fingerprint density at radius 3 is 2.15 bits per heavy atom. The Morgan fingerprint density at radius 1 is 1.12 bits per heavy atom. The van der Waals surface area contributed by atoms with Gasteiger partial charge < -0.3 is 4.90 Å². The molecule has 2 nitrogen and oxygen atoms in total. The zero-order valence-corrected chi connectivity index (χ0v) is 17.4. The molecule has 0 radical (unpaired) electrons. The van der Waals surface area contributed by atoms with E-state index in [0.29, 0.717) is 16.6 Å². The molecule has 2 aromatic rings. The number of hydrogen-bond donors (Lipinski definition) is 0. The maximum Gasteiger partial charge on any atom is 0.246 e. The number of alkyl halides is 1. The molecule has 0 heterocycles. The van der Waals surface area contributed by atoms with Crippen molar-refractivity contribution in [1.29, 1.82) is 0 Å². The summed E-state index contributed by atoms with van der Waals surface area (Å²) in [7, 11) is 0. The fourth-order valence-corrected chi connectivity index (χ4v) is 3.57. The van der Waals surface area contributed by atoms with Crippen LogP contribution in [0.5, 0.6) is 0 Å². The Balaban J connectivity index is 2.45. The van der Waals surface area contributed by atoms with Crippen LogP contribution < -0.4 is 0 Å². The van der Waals surface area contributed by atoms with Gasteiger partial charge in [0.25, 0.3) is 0 Å². The quantitative estimate of drug-likeness (QED) is 0.387. The van der Waals surface area contributed by atoms with Crippen molar-refractivity contribution in [3.05, 3.63) is 81.9 Å². The van der Waals surface area contributed by atoms with E-state index >= 15 is 0 Å². The summed E-state index contributed by atoms with van der Waals surface area (Å²) >= 11 is 18.9. The van der Waals surface area contributed by atoms with Crippen molar-refractivity contribution in [2.45, 2.75) is 31.7 Å². The summed E-state index contributed by atoms with van der Waals surface area (Å²) in [5.74, 6) is -0.193. The highest BCUT2D eigenvalue weighted by molar-refractivity contribution is 6.34. The van der Waals surface area contributed by atoms with Gasteiger partial charge in [0.1, 0.15) is 5.38 Å². The molecule has 0 aromatic heterocycles. The summed E-state index contributed by atoms with van der Waals surface area (Å²) in [5.41, 5.74) is 1.77. The topological polar surface area (TPSA) is 20.3 Å². The number of carbonyl (C=O) groups is 1. The molecule has 0 saturated heterocycles. The largest absolute Gasteiger partial charge is 0.328 e. The van der Waals surface area contributed by atoms with Crippen LogP contribution in [0.2, 0.25) is 10.0 Å². The molecule has 0 aliphatic heterocycles. The fraction of sp³-hybridized carbons (Fsp3) is 0.286. The van der Waals surface area contributed by atoms with Crippen molar-refractivity contribution in [1.82, 2.24) is 4.90 Å². The van der Waals surface area contributed by atoms with Crippen molar-refractivity contribution < 1.29 is 4.79 Å². The summed E-state index contributed by atoms with van der Waals surface area (Å²) in [6.45, 7) is 10.1. The van der Waals surface area contributed by atoms with Gasteiger partial charge in [0.15, 0.2) is 0 Å². The van der Waals surface area contributed by atoms with Crippen LogP contribution in [0.25, 0.3) is 0 Å². The smallest absolute Gasteiger partial charge is 0.246 e. The normalized spacial score (nSPS) is 12.5. The number of hydrogen-bond acceptors (Lipinski definition) is 1. The summed E-state index contributed by atoms with van der Waals surface area (Å²) < 4.78 is 0. The van der Waals surface area contributed by atoms with Crippen LogP contribution >= 0.6 is 34.8 Å². The average molecular weight is 411 g/mol. The van der Waals surface area contributed by atoms with E-state index < -0.39 is 10.9 Å². The molecule has 2 rings (SSSR count). The lowest BCUT2D eigenvalue weighted by Crippen LogP contribution is -2.47. The minimum Gasteiger partial charge on any atom is -0.328 e. The van der Waals surface area contributed by atoms with E-state index in [0.717, 1.165) is 16.7 Å². The first-order chi connectivity index (χ1) is 12.1. The van der Waals surface area contributed by atoms with Crippen molar-refractivity contribution in [3.8, 4) is 0 Å². The Bertz CT molecular complexity index is 782. The van der Waals surface area contributed by atoms with Crippen LogP contribution in [0.15, 0.2) is 60.7 Å². The first-order valence-electron chi connectivity index (χ1n) is 8.24. The molecule has 1 atom stereocenters. The SMILES string of the molecule is C=C(C)CN(C(=O)C(Cl)c1ccccc1)C(C)(C)c1cc(Cl)cc(Cl)c1. The van der Waals surface area contributed by atoms with Gasteiger partial charge in [-0.25, -0.2) is 0 Å². The summed E-state index contributed by atoms with van der Waals surface area (Å²) in [5, 5.41) is 0.257. The lowest BCUT2D eigenvalue weighted by molar-refractivity contribution is -0.136. The molecule has 2 aromatic carbocycles. The maximum atomic E-state index is 13.3. The molecular weight excluding hydrogens is 389 g/mol. The van der Waals surface area contributed by atoms with E-state index in [1.807, 2.05) is 63.2 Å². The predicted molar refractivity (Wildman–Crippen MR) is 111 cm³/mol. The van der Waals surface area contributed by atoms with Crippen molar-refractivity contribution in [2.24, 2.45) is 0 Å². The minimum atomic E-state index is -0.788. The first kappa shape index (κ1) is 20.8. The fourth-order valence-electron chi connectivity index (χ4n) is 2.79. The second-order valence-electron chi connectivity index (χ2n) is 6.87. The molecule has 26 heavy (non-hydrogen) atoms. The van der Waals surface area contributed by atoms with Crippen molar-refractivity contribution in [2.75, 3.05) is 6.54 Å². The lowest BCUT2D eigenvalue weighted by atomic mass is 9.91. The van der Waals surface area contributed by atoms with Gasteiger partial charge in [-0.05, 0) is 50.1 Å². The molecule has 5 heteroatoms. The molecule has 1 unspecified atom stereocenters. The number of nitrogens with zero attached hydrogens (tertiary/aromatic N) is 1. The molecule has 138 valence electrons. The van der Waals surface area contributed by atoms with Crippen LogP contribution in [-0.2, 0) is 10.3 Å². The monoisotopic (exact) mass is 409 g/mol. The number of amides is 1. The van der Waals surface area contributed by atoms with Gasteiger partial charge in [-0.2, -0.15) is 0 Å². The summed E-state index contributed by atoms with van der Waals surface area (Å²) in [6.07, 6.45) is 0. The van der Waals surface area contributed by atoms with Crippen LogP contribution in [0.4, 0.5) is 0 Å². The third kappa shape index (κ3) is 4.82. The Hall–Kier alpha value is -1.48. The summed E-state index contributed by atoms with van der Waals surface area (Å²) in [4.78, 5) is 15.0. The van der Waals surface area contributed by atoms with Gasteiger partial charge >= 0.3 is 0 Å². The van der Waals surface area contributed by atoms with Crippen LogP contribution in [-0.4, -0.2) is 17.4 Å². The number of benzene rings is 2. The summed E-state index contributed by atoms with van der Waals surface area (Å²) in [6, 6.07) is 14.6. The Kier molecular flexibility index (Phi) is 6.79. The highest BCUT2D eigenvalue weighted by Gasteiger charge is 2.36. The molecule has 0 spiro atoms. The highest BCUT2D eigenvalue weighted by atomic mass is 35.5. The van der Waals surface area contributed by atoms with E-state index in [4.69, 9.17) is 34.8 Å². The van der Waals surface area contributed by atoms with Crippen LogP contribution in [0, 0.1) is 0 Å². The van der Waals surface area contributed by atoms with Gasteiger partial charge in [-0.3, -0.25) is 4.79 Å². The van der Waals surface area contributed by atoms with Crippen molar-refractivity contribution in [3.63, 3.8) is 0 Å². The standard InChI is InChI=1S/C21H22Cl3NO/c1-14(2)13-25(20(26)19(24)15-8-6-5-7-9-15)21(3,4)16-10-17(22)12-18(23)11-16/h5-12,19H,1,13H2,2-4H3. The van der Waals surface area contributed by atoms with Gasteiger partial charge in [0.05, 0.1) is 5.54 Å². The molecule has 0 fully saturated rings. The van der Waals surface area contributed by atoms with E-state index in [1.165, 1.54) is 0 Å². The number of carbonyl (C=O) groups excluding carboxylic acids is 1. The molecule has 0 saturated carbocycles. The molecular formula is C21H22Cl3NO. The molecule has 0 N–H and O–H groups in total. The Labute approximate surface area is 170 Å². The third-order valence-electron chi connectivity index (χ3n) is 4.25. The van der Waals surface area contributed by atoms with E-state index in [-0.39, 0.29) is 5.91 Å². The number of rotatable bonds is 6. The van der Waals surface area contributed by atoms with E-state index in [1.54, 1.807) is 11.0 Å². The van der Waals surface area contributed by atoms with Crippen molar-refractivity contribution >= 4 is 40.7 Å². The van der Waals surface area contributed by atoms with E-state index in [2.05, 4.69) is 6.58 Å². The zero-order chi connectivity index (χ0) is 19.5. The van der Waals surface area contributed by atoms with Crippen LogP contribution in [0.3, 0.4) is 0 Å². The van der Waals surface area contributed by atoms with Gasteiger partial charge in [0.2, 0.25) is 5.91 Å². The zero-order valence-electron chi connectivity index (χ0n) is 15.1. The Morgan fingerprint density at radius 2 is 1.65 bits per heavy atom. The predicted octanol–water partition coefficient (Wildman–Crippen LogP) is 6.61. The molecule has 0 bridgehead atoms. The minimum absolute atomic E-state index is 0.193. The van der Waals surface area contributed by atoms with Crippen LogP contribution in [0.1, 0.15) is 37.3 Å². The molecule has 0 aliphatic carbocycles. The lowest BCUT2D eigenvalue weighted by Gasteiger charge is -2.40. The second kappa shape index (κ2) is 8.47. The second-order valence-corrected chi connectivity index (χ2v) is 8.18. The highest BCUT2D eigenvalue weighted by Crippen LogP contribution is 2.35. The number of halogens is 3. The van der Waals surface area contributed by atoms with Gasteiger partial charge in [-0.15, -0.1) is 11.6 Å². The first-order valence-corrected chi connectivity index (χ1v) is 9.43. The van der Waals surface area contributed by atoms with Gasteiger partial charge in [-0.1, -0.05) is 65.7 Å².